The fourth-order valence-corrected chi connectivity index (χ4v) is 1.37. The molecule has 1 rings (SSSR count). The molecule has 18 heavy (non-hydrogen) atoms. The molecule has 0 saturated heterocycles. The van der Waals surface area contributed by atoms with E-state index >= 15 is 0 Å². The monoisotopic (exact) mass is 254 g/mol. The molecule has 0 amide bonds. The Labute approximate surface area is 108 Å². The summed E-state index contributed by atoms with van der Waals surface area (Å²) in [5, 5.41) is 0. The minimum Gasteiger partial charge on any atom is -0.472 e. The fraction of sp³-hybridized carbons (Fsp3) is 0.667. The zero-order chi connectivity index (χ0) is 13.8. The van der Waals surface area contributed by atoms with Crippen molar-refractivity contribution in [3.63, 3.8) is 0 Å². The standard InChI is InChI=1S/C12H22N4O2/c1-8(7-17-5)18-10-6-9(16-13)14-11(15-10)12(2,3)4/h6,8H,7,13H2,1-5H3,(H,14,15,16). The number of hydrogen-bond acceptors (Lipinski definition) is 6. The van der Waals surface area contributed by atoms with Crippen LogP contribution in [0.3, 0.4) is 0 Å². The molecule has 0 bridgehead atoms. The van der Waals surface area contributed by atoms with Gasteiger partial charge in [0.2, 0.25) is 5.88 Å². The third-order valence-corrected chi connectivity index (χ3v) is 2.24. The number of nitrogens with zero attached hydrogens (tertiary/aromatic N) is 2. The minimum atomic E-state index is -0.171. The molecule has 0 aliphatic heterocycles. The smallest absolute Gasteiger partial charge is 0.219 e. The molecule has 1 unspecified atom stereocenters. The van der Waals surface area contributed by atoms with Crippen LogP contribution in [0, 0.1) is 0 Å². The fourth-order valence-electron chi connectivity index (χ4n) is 1.37. The van der Waals surface area contributed by atoms with Gasteiger partial charge >= 0.3 is 0 Å². The van der Waals surface area contributed by atoms with Crippen molar-refractivity contribution < 1.29 is 9.47 Å². The van der Waals surface area contributed by atoms with Crippen LogP contribution >= 0.6 is 0 Å². The van der Waals surface area contributed by atoms with Gasteiger partial charge in [0.05, 0.1) is 6.61 Å². The number of rotatable bonds is 5. The highest BCUT2D eigenvalue weighted by atomic mass is 16.5. The number of aromatic nitrogens is 2. The van der Waals surface area contributed by atoms with Crippen LogP contribution in [-0.4, -0.2) is 29.8 Å². The van der Waals surface area contributed by atoms with Crippen LogP contribution in [0.15, 0.2) is 6.07 Å². The first-order valence-corrected chi connectivity index (χ1v) is 5.88. The number of hydrogen-bond donors (Lipinski definition) is 2. The first-order chi connectivity index (χ1) is 8.36. The predicted octanol–water partition coefficient (Wildman–Crippen LogP) is 1.47. The van der Waals surface area contributed by atoms with Crippen molar-refractivity contribution in [2.45, 2.75) is 39.2 Å². The van der Waals surface area contributed by atoms with Crippen LogP contribution in [-0.2, 0) is 10.2 Å². The van der Waals surface area contributed by atoms with Crippen LogP contribution in [0.5, 0.6) is 5.88 Å². The molecule has 1 aromatic rings. The average molecular weight is 254 g/mol. The molecule has 0 aliphatic rings. The topological polar surface area (TPSA) is 82.3 Å². The van der Waals surface area contributed by atoms with Crippen LogP contribution in [0.25, 0.3) is 0 Å². The molecule has 1 atom stereocenters. The Bertz CT molecular complexity index is 390. The number of ether oxygens (including phenoxy) is 2. The molecule has 1 aromatic heterocycles. The minimum absolute atomic E-state index is 0.0802. The van der Waals surface area contributed by atoms with Crippen molar-refractivity contribution in [3.05, 3.63) is 11.9 Å². The maximum atomic E-state index is 5.66. The largest absolute Gasteiger partial charge is 0.472 e. The summed E-state index contributed by atoms with van der Waals surface area (Å²) in [6, 6.07) is 1.67. The summed E-state index contributed by atoms with van der Waals surface area (Å²) in [6.07, 6.45) is -0.0802. The highest BCUT2D eigenvalue weighted by molar-refractivity contribution is 5.38. The van der Waals surface area contributed by atoms with E-state index in [1.165, 1.54) is 0 Å². The summed E-state index contributed by atoms with van der Waals surface area (Å²) in [5.41, 5.74) is 2.35. The number of nitrogen functional groups attached to an aromatic ring is 1. The van der Waals surface area contributed by atoms with E-state index in [0.29, 0.717) is 24.1 Å². The molecule has 0 aliphatic carbocycles. The van der Waals surface area contributed by atoms with Crippen LogP contribution < -0.4 is 16.0 Å². The predicted molar refractivity (Wildman–Crippen MR) is 70.5 cm³/mol. The Morgan fingerprint density at radius 3 is 2.56 bits per heavy atom. The number of methoxy groups -OCH3 is 1. The third-order valence-electron chi connectivity index (χ3n) is 2.24. The summed E-state index contributed by atoms with van der Waals surface area (Å²) < 4.78 is 10.7. The lowest BCUT2D eigenvalue weighted by atomic mass is 9.96. The highest BCUT2D eigenvalue weighted by Crippen LogP contribution is 2.23. The van der Waals surface area contributed by atoms with Gasteiger partial charge in [0.1, 0.15) is 17.7 Å². The Morgan fingerprint density at radius 2 is 2.06 bits per heavy atom. The summed E-state index contributed by atoms with van der Waals surface area (Å²) in [4.78, 5) is 8.71. The molecule has 3 N–H and O–H groups in total. The van der Waals surface area contributed by atoms with Gasteiger partial charge in [-0.3, -0.25) is 0 Å². The number of nitrogens with two attached hydrogens (primary N) is 1. The normalized spacial score (nSPS) is 13.2. The summed E-state index contributed by atoms with van der Waals surface area (Å²) in [5.74, 6) is 7.11. The molecule has 0 radical (unpaired) electrons. The Kier molecular flexibility index (Phi) is 4.86. The van der Waals surface area contributed by atoms with E-state index in [4.69, 9.17) is 15.3 Å². The van der Waals surface area contributed by atoms with Crippen molar-refractivity contribution in [1.82, 2.24) is 9.97 Å². The van der Waals surface area contributed by atoms with Gasteiger partial charge in [-0.15, -0.1) is 0 Å². The molecule has 6 nitrogen and oxygen atoms in total. The maximum absolute atomic E-state index is 5.66. The van der Waals surface area contributed by atoms with Crippen molar-refractivity contribution in [1.29, 1.82) is 0 Å². The molecule has 1 heterocycles. The van der Waals surface area contributed by atoms with Gasteiger partial charge in [0.15, 0.2) is 0 Å². The zero-order valence-corrected chi connectivity index (χ0v) is 11.7. The lowest BCUT2D eigenvalue weighted by Crippen LogP contribution is -2.22. The Hall–Kier alpha value is -1.40. The molecule has 6 heteroatoms. The average Bonchev–Trinajstić information content (AvgIpc) is 2.27. The van der Waals surface area contributed by atoms with Gasteiger partial charge < -0.3 is 14.9 Å². The molecular formula is C12H22N4O2. The van der Waals surface area contributed by atoms with E-state index in [1.807, 2.05) is 27.7 Å². The summed E-state index contributed by atoms with van der Waals surface area (Å²) >= 11 is 0. The van der Waals surface area contributed by atoms with E-state index in [1.54, 1.807) is 13.2 Å². The number of hydrazine groups is 1. The highest BCUT2D eigenvalue weighted by Gasteiger charge is 2.20. The summed E-state index contributed by atoms with van der Waals surface area (Å²) in [6.45, 7) is 8.51. The molecule has 0 saturated carbocycles. The second-order valence-electron chi connectivity index (χ2n) is 5.19. The molecule has 0 aromatic carbocycles. The van der Waals surface area contributed by atoms with E-state index in [9.17, 15) is 0 Å². The first-order valence-electron chi connectivity index (χ1n) is 5.88. The van der Waals surface area contributed by atoms with Gasteiger partial charge in [0, 0.05) is 18.6 Å². The lowest BCUT2D eigenvalue weighted by molar-refractivity contribution is 0.0886. The van der Waals surface area contributed by atoms with Crippen LogP contribution in [0.1, 0.15) is 33.5 Å². The van der Waals surface area contributed by atoms with E-state index in [0.717, 1.165) is 0 Å². The van der Waals surface area contributed by atoms with E-state index in [2.05, 4.69) is 15.4 Å². The van der Waals surface area contributed by atoms with Crippen molar-refractivity contribution >= 4 is 5.82 Å². The van der Waals surface area contributed by atoms with Gasteiger partial charge in [-0.2, -0.15) is 4.98 Å². The third kappa shape index (κ3) is 4.12. The quantitative estimate of drug-likeness (QED) is 0.611. The molecule has 102 valence electrons. The molecule has 0 fully saturated rings. The SMILES string of the molecule is COCC(C)Oc1cc(NN)nc(C(C)(C)C)n1. The van der Waals surface area contributed by atoms with E-state index < -0.39 is 0 Å². The van der Waals surface area contributed by atoms with Gasteiger partial charge in [-0.05, 0) is 6.92 Å². The number of nitrogens with one attached hydrogen (secondary N) is 1. The number of anilines is 1. The van der Waals surface area contributed by atoms with Gasteiger partial charge in [-0.1, -0.05) is 20.8 Å². The van der Waals surface area contributed by atoms with Crippen LogP contribution in [0.2, 0.25) is 0 Å². The Balaban J connectivity index is 2.97. The second-order valence-corrected chi connectivity index (χ2v) is 5.19. The molecule has 0 spiro atoms. The zero-order valence-electron chi connectivity index (χ0n) is 11.7. The van der Waals surface area contributed by atoms with E-state index in [-0.39, 0.29) is 11.5 Å². The van der Waals surface area contributed by atoms with Crippen molar-refractivity contribution in [2.75, 3.05) is 19.1 Å². The van der Waals surface area contributed by atoms with Gasteiger partial charge in [0.25, 0.3) is 0 Å². The summed E-state index contributed by atoms with van der Waals surface area (Å²) in [7, 11) is 1.63. The maximum Gasteiger partial charge on any atom is 0.219 e. The van der Waals surface area contributed by atoms with Crippen molar-refractivity contribution in [3.8, 4) is 5.88 Å². The first kappa shape index (κ1) is 14.7. The Morgan fingerprint density at radius 1 is 1.39 bits per heavy atom. The lowest BCUT2D eigenvalue weighted by Gasteiger charge is -2.19. The van der Waals surface area contributed by atoms with Crippen LogP contribution in [0.4, 0.5) is 5.82 Å². The van der Waals surface area contributed by atoms with Gasteiger partial charge in [-0.25, -0.2) is 10.8 Å². The molecular weight excluding hydrogens is 232 g/mol. The van der Waals surface area contributed by atoms with Crippen molar-refractivity contribution in [2.24, 2.45) is 5.84 Å². The second kappa shape index (κ2) is 5.97.